The lowest BCUT2D eigenvalue weighted by Gasteiger charge is -2.11. The highest BCUT2D eigenvalue weighted by molar-refractivity contribution is 8.14. The van der Waals surface area contributed by atoms with Crippen LogP contribution in [0, 0.1) is 0 Å². The van der Waals surface area contributed by atoms with Crippen molar-refractivity contribution in [2.24, 2.45) is 0 Å². The quantitative estimate of drug-likeness (QED) is 0.455. The molecule has 0 fully saturated rings. The predicted molar refractivity (Wildman–Crippen MR) is 41.6 cm³/mol. The van der Waals surface area contributed by atoms with Gasteiger partial charge in [0.1, 0.15) is 0 Å². The fraction of sp³-hybridized carbons (Fsp3) is 0.667. The van der Waals surface area contributed by atoms with Crippen LogP contribution in [0.15, 0.2) is 12.2 Å². The standard InChI is InChI=1S/C6H9ClO2S/c7-10(8,9)6-4-2-1-3-5-6/h2,4,6H,1,3,5H2. The highest BCUT2D eigenvalue weighted by atomic mass is 35.7. The summed E-state index contributed by atoms with van der Waals surface area (Å²) in [5, 5.41) is -0.442. The molecule has 0 spiro atoms. The minimum Gasteiger partial charge on any atom is -0.212 e. The van der Waals surface area contributed by atoms with E-state index in [-0.39, 0.29) is 0 Å². The van der Waals surface area contributed by atoms with Crippen molar-refractivity contribution in [2.75, 3.05) is 0 Å². The first kappa shape index (κ1) is 8.08. The molecule has 1 aliphatic rings. The molecular formula is C6H9ClO2S. The molecule has 0 radical (unpaired) electrons. The van der Waals surface area contributed by atoms with E-state index in [1.165, 1.54) is 0 Å². The highest BCUT2D eigenvalue weighted by Crippen LogP contribution is 2.19. The Morgan fingerprint density at radius 2 is 2.20 bits per heavy atom. The zero-order valence-electron chi connectivity index (χ0n) is 5.46. The second kappa shape index (κ2) is 2.93. The lowest BCUT2D eigenvalue weighted by atomic mass is 10.1. The van der Waals surface area contributed by atoms with Crippen molar-refractivity contribution in [1.82, 2.24) is 0 Å². The first-order valence-electron chi connectivity index (χ1n) is 3.21. The molecule has 4 heteroatoms. The van der Waals surface area contributed by atoms with E-state index in [9.17, 15) is 8.42 Å². The fourth-order valence-electron chi connectivity index (χ4n) is 1.02. The maximum Gasteiger partial charge on any atom is 0.239 e. The van der Waals surface area contributed by atoms with Crippen LogP contribution in [0.2, 0.25) is 0 Å². The third kappa shape index (κ3) is 1.99. The van der Waals surface area contributed by atoms with Gasteiger partial charge in [-0.3, -0.25) is 0 Å². The van der Waals surface area contributed by atoms with E-state index < -0.39 is 14.3 Å². The zero-order chi connectivity index (χ0) is 7.61. The molecular weight excluding hydrogens is 172 g/mol. The van der Waals surface area contributed by atoms with Crippen molar-refractivity contribution < 1.29 is 8.42 Å². The van der Waals surface area contributed by atoms with Crippen LogP contribution < -0.4 is 0 Å². The van der Waals surface area contributed by atoms with Crippen molar-refractivity contribution in [3.05, 3.63) is 12.2 Å². The van der Waals surface area contributed by atoms with E-state index in [1.807, 2.05) is 6.08 Å². The van der Waals surface area contributed by atoms with Gasteiger partial charge in [0.2, 0.25) is 9.05 Å². The molecule has 1 aliphatic carbocycles. The lowest BCUT2D eigenvalue weighted by molar-refractivity contribution is 0.591. The number of rotatable bonds is 1. The lowest BCUT2D eigenvalue weighted by Crippen LogP contribution is -2.15. The Balaban J connectivity index is 2.74. The second-order valence-electron chi connectivity index (χ2n) is 2.37. The van der Waals surface area contributed by atoms with E-state index in [1.54, 1.807) is 6.08 Å². The smallest absolute Gasteiger partial charge is 0.212 e. The van der Waals surface area contributed by atoms with Crippen molar-refractivity contribution in [2.45, 2.75) is 24.5 Å². The first-order valence-corrected chi connectivity index (χ1v) is 5.58. The summed E-state index contributed by atoms with van der Waals surface area (Å²) in [7, 11) is 1.79. The van der Waals surface area contributed by atoms with Crippen LogP contribution in [0.3, 0.4) is 0 Å². The summed E-state index contributed by atoms with van der Waals surface area (Å²) in [6.07, 6.45) is 6.11. The Morgan fingerprint density at radius 3 is 2.50 bits per heavy atom. The number of hydrogen-bond acceptors (Lipinski definition) is 2. The summed E-state index contributed by atoms with van der Waals surface area (Å²) in [4.78, 5) is 0. The van der Waals surface area contributed by atoms with Gasteiger partial charge < -0.3 is 0 Å². The molecule has 0 saturated carbocycles. The molecule has 0 N–H and O–H groups in total. The molecule has 1 rings (SSSR count). The third-order valence-electron chi connectivity index (χ3n) is 1.57. The number of allylic oxidation sites excluding steroid dienone is 1. The van der Waals surface area contributed by atoms with Gasteiger partial charge in [-0.15, -0.1) is 0 Å². The molecule has 10 heavy (non-hydrogen) atoms. The largest absolute Gasteiger partial charge is 0.239 e. The van der Waals surface area contributed by atoms with Crippen LogP contribution in [0.4, 0.5) is 0 Å². The van der Waals surface area contributed by atoms with Crippen molar-refractivity contribution in [3.8, 4) is 0 Å². The van der Waals surface area contributed by atoms with Crippen molar-refractivity contribution >= 4 is 19.7 Å². The van der Waals surface area contributed by atoms with Crippen LogP contribution in [-0.4, -0.2) is 13.7 Å². The molecule has 0 aromatic heterocycles. The maximum absolute atomic E-state index is 10.7. The third-order valence-corrected chi connectivity index (χ3v) is 3.37. The molecule has 58 valence electrons. The topological polar surface area (TPSA) is 34.1 Å². The van der Waals surface area contributed by atoms with E-state index in [0.29, 0.717) is 6.42 Å². The van der Waals surface area contributed by atoms with Crippen LogP contribution in [0.1, 0.15) is 19.3 Å². The summed E-state index contributed by atoms with van der Waals surface area (Å²) >= 11 is 0. The second-order valence-corrected chi connectivity index (χ2v) is 5.22. The average molecular weight is 181 g/mol. The fourth-order valence-corrected chi connectivity index (χ4v) is 2.21. The summed E-state index contributed by atoms with van der Waals surface area (Å²) in [5.41, 5.74) is 0. The molecule has 0 aliphatic heterocycles. The van der Waals surface area contributed by atoms with Crippen molar-refractivity contribution in [3.63, 3.8) is 0 Å². The molecule has 1 unspecified atom stereocenters. The zero-order valence-corrected chi connectivity index (χ0v) is 7.03. The first-order chi connectivity index (χ1) is 4.61. The van der Waals surface area contributed by atoms with Gasteiger partial charge in [0.15, 0.2) is 0 Å². The van der Waals surface area contributed by atoms with Crippen LogP contribution >= 0.6 is 10.7 Å². The Morgan fingerprint density at radius 1 is 1.50 bits per heavy atom. The Kier molecular flexibility index (Phi) is 2.36. The minimum absolute atomic E-state index is 0.442. The summed E-state index contributed by atoms with van der Waals surface area (Å²) < 4.78 is 21.4. The average Bonchev–Trinajstić information content (AvgIpc) is 1.88. The summed E-state index contributed by atoms with van der Waals surface area (Å²) in [5.74, 6) is 0. The van der Waals surface area contributed by atoms with Gasteiger partial charge in [-0.1, -0.05) is 12.2 Å². The van der Waals surface area contributed by atoms with Gasteiger partial charge in [-0.2, -0.15) is 0 Å². The molecule has 0 heterocycles. The molecule has 0 aromatic carbocycles. The van der Waals surface area contributed by atoms with Gasteiger partial charge >= 0.3 is 0 Å². The number of hydrogen-bond donors (Lipinski definition) is 0. The van der Waals surface area contributed by atoms with E-state index in [2.05, 4.69) is 0 Å². The van der Waals surface area contributed by atoms with Gasteiger partial charge in [-0.25, -0.2) is 8.42 Å². The van der Waals surface area contributed by atoms with Gasteiger partial charge in [-0.05, 0) is 19.3 Å². The highest BCUT2D eigenvalue weighted by Gasteiger charge is 2.20. The predicted octanol–water partition coefficient (Wildman–Crippen LogP) is 1.66. The minimum atomic E-state index is -3.34. The molecule has 0 aromatic rings. The van der Waals surface area contributed by atoms with E-state index >= 15 is 0 Å². The van der Waals surface area contributed by atoms with Gasteiger partial charge in [0, 0.05) is 10.7 Å². The van der Waals surface area contributed by atoms with Crippen molar-refractivity contribution in [1.29, 1.82) is 0 Å². The molecule has 1 atom stereocenters. The molecule has 0 saturated heterocycles. The number of halogens is 1. The van der Waals surface area contributed by atoms with Crippen LogP contribution in [-0.2, 0) is 9.05 Å². The normalized spacial score (nSPS) is 26.7. The summed E-state index contributed by atoms with van der Waals surface area (Å²) in [6, 6.07) is 0. The molecule has 0 amide bonds. The van der Waals surface area contributed by atoms with Crippen LogP contribution in [0.5, 0.6) is 0 Å². The van der Waals surface area contributed by atoms with E-state index in [0.717, 1.165) is 12.8 Å². The van der Waals surface area contributed by atoms with Crippen LogP contribution in [0.25, 0.3) is 0 Å². The monoisotopic (exact) mass is 180 g/mol. The maximum atomic E-state index is 10.7. The Hall–Kier alpha value is -0.0200. The molecule has 2 nitrogen and oxygen atoms in total. The van der Waals surface area contributed by atoms with Gasteiger partial charge in [0.25, 0.3) is 0 Å². The van der Waals surface area contributed by atoms with E-state index in [4.69, 9.17) is 10.7 Å². The SMILES string of the molecule is O=S(=O)(Cl)C1C=CCCC1. The van der Waals surface area contributed by atoms with Gasteiger partial charge in [0.05, 0.1) is 5.25 Å². The molecule has 0 bridgehead atoms. The Bertz CT molecular complexity index is 230. The Labute approximate surface area is 65.3 Å². The summed E-state index contributed by atoms with van der Waals surface area (Å²) in [6.45, 7) is 0.